The van der Waals surface area contributed by atoms with E-state index >= 15 is 0 Å². The molecule has 0 saturated carbocycles. The van der Waals surface area contributed by atoms with Crippen LogP contribution in [0.5, 0.6) is 11.5 Å². The van der Waals surface area contributed by atoms with Gasteiger partial charge < -0.3 is 10.2 Å². The van der Waals surface area contributed by atoms with Gasteiger partial charge in [0, 0.05) is 11.6 Å². The largest absolute Gasteiger partial charge is 0.504 e. The van der Waals surface area contributed by atoms with Gasteiger partial charge in [-0.2, -0.15) is 0 Å². The van der Waals surface area contributed by atoms with Gasteiger partial charge in [-0.05, 0) is 19.1 Å². The van der Waals surface area contributed by atoms with E-state index in [1.54, 1.807) is 13.0 Å². The van der Waals surface area contributed by atoms with Gasteiger partial charge in [0.15, 0.2) is 16.5 Å². The molecule has 0 aliphatic carbocycles. The molecule has 2 N–H and O–H groups in total. The van der Waals surface area contributed by atoms with Crippen LogP contribution >= 0.6 is 11.3 Å². The molecule has 0 fully saturated rings. The lowest BCUT2D eigenvalue weighted by Crippen LogP contribution is -1.85. The molecule has 4 rings (SSSR count). The second-order valence-corrected chi connectivity index (χ2v) is 5.55. The Labute approximate surface area is 112 Å². The van der Waals surface area contributed by atoms with E-state index in [2.05, 4.69) is 4.98 Å². The van der Waals surface area contributed by atoms with Crippen LogP contribution in [-0.2, 0) is 0 Å². The van der Waals surface area contributed by atoms with Crippen LogP contribution in [0.15, 0.2) is 30.3 Å². The van der Waals surface area contributed by atoms with Crippen molar-refractivity contribution in [2.45, 2.75) is 6.92 Å². The number of imidazole rings is 1. The zero-order valence-electron chi connectivity index (χ0n) is 10.1. The van der Waals surface area contributed by atoms with Crippen molar-refractivity contribution >= 4 is 37.5 Å². The first-order valence-electron chi connectivity index (χ1n) is 5.88. The van der Waals surface area contributed by atoms with Crippen molar-refractivity contribution < 1.29 is 10.2 Å². The Bertz CT molecular complexity index is 952. The van der Waals surface area contributed by atoms with E-state index in [4.69, 9.17) is 0 Å². The summed E-state index contributed by atoms with van der Waals surface area (Å²) in [4.78, 5) is 5.44. The summed E-state index contributed by atoms with van der Waals surface area (Å²) >= 11 is 1.51. The monoisotopic (exact) mass is 270 g/mol. The number of para-hydroxylation sites is 2. The normalized spacial score (nSPS) is 11.8. The molecule has 0 radical (unpaired) electrons. The smallest absolute Gasteiger partial charge is 0.195 e. The fraction of sp³-hybridized carbons (Fsp3) is 0.0714. The molecule has 4 nitrogen and oxygen atoms in total. The van der Waals surface area contributed by atoms with E-state index in [0.29, 0.717) is 5.56 Å². The summed E-state index contributed by atoms with van der Waals surface area (Å²) in [6.45, 7) is 1.80. The number of nitrogens with zero attached hydrogens (tertiary/aromatic N) is 2. The fourth-order valence-electron chi connectivity index (χ4n) is 2.49. The van der Waals surface area contributed by atoms with Gasteiger partial charge in [0.05, 0.1) is 21.3 Å². The molecule has 19 heavy (non-hydrogen) atoms. The SMILES string of the molecule is Cc1c(O)c(O)cc2sc3nc4ccccc4n3c12. The Kier molecular flexibility index (Phi) is 1.90. The zero-order chi connectivity index (χ0) is 13.1. The molecule has 94 valence electrons. The number of phenols is 2. The number of aryl methyl sites for hydroxylation is 1. The lowest BCUT2D eigenvalue weighted by Gasteiger charge is -2.04. The molecule has 2 heterocycles. The average molecular weight is 270 g/mol. The number of thiazole rings is 1. The van der Waals surface area contributed by atoms with Crippen LogP contribution in [0, 0.1) is 6.92 Å². The first kappa shape index (κ1) is 10.6. The van der Waals surface area contributed by atoms with Crippen LogP contribution in [-0.4, -0.2) is 19.6 Å². The van der Waals surface area contributed by atoms with E-state index in [9.17, 15) is 10.2 Å². The number of rotatable bonds is 0. The van der Waals surface area contributed by atoms with Crippen molar-refractivity contribution in [2.75, 3.05) is 0 Å². The topological polar surface area (TPSA) is 57.8 Å². The molecule has 0 aliphatic rings. The van der Waals surface area contributed by atoms with Gasteiger partial charge in [-0.3, -0.25) is 4.40 Å². The van der Waals surface area contributed by atoms with Gasteiger partial charge in [0.25, 0.3) is 0 Å². The molecular formula is C14H10N2O2S. The maximum Gasteiger partial charge on any atom is 0.195 e. The summed E-state index contributed by atoms with van der Waals surface area (Å²) in [5.74, 6) is -0.149. The van der Waals surface area contributed by atoms with Crippen LogP contribution in [0.3, 0.4) is 0 Å². The first-order valence-corrected chi connectivity index (χ1v) is 6.69. The minimum Gasteiger partial charge on any atom is -0.504 e. The maximum atomic E-state index is 9.91. The minimum absolute atomic E-state index is 0.0648. The third-order valence-corrected chi connectivity index (χ3v) is 4.40. The number of hydrogen-bond acceptors (Lipinski definition) is 4. The van der Waals surface area contributed by atoms with Crippen molar-refractivity contribution in [3.63, 3.8) is 0 Å². The summed E-state index contributed by atoms with van der Waals surface area (Å²) in [5, 5.41) is 19.6. The van der Waals surface area contributed by atoms with E-state index in [-0.39, 0.29) is 11.5 Å². The highest BCUT2D eigenvalue weighted by Crippen LogP contribution is 2.40. The number of hydrogen-bond donors (Lipinski definition) is 2. The summed E-state index contributed by atoms with van der Waals surface area (Å²) in [5.41, 5.74) is 3.52. The zero-order valence-corrected chi connectivity index (χ0v) is 10.9. The van der Waals surface area contributed by atoms with Crippen LogP contribution < -0.4 is 0 Å². The van der Waals surface area contributed by atoms with Gasteiger partial charge in [-0.15, -0.1) is 0 Å². The highest BCUT2D eigenvalue weighted by Gasteiger charge is 2.16. The summed E-state index contributed by atoms with van der Waals surface area (Å²) in [7, 11) is 0. The minimum atomic E-state index is -0.0844. The van der Waals surface area contributed by atoms with Crippen LogP contribution in [0.4, 0.5) is 0 Å². The molecule has 2 aromatic carbocycles. The highest BCUT2D eigenvalue weighted by molar-refractivity contribution is 7.23. The second-order valence-electron chi connectivity index (χ2n) is 4.54. The fourth-order valence-corrected chi connectivity index (χ4v) is 3.63. The number of aromatic hydroxyl groups is 2. The predicted molar refractivity (Wildman–Crippen MR) is 76.1 cm³/mol. The quantitative estimate of drug-likeness (QED) is 0.481. The van der Waals surface area contributed by atoms with E-state index in [0.717, 1.165) is 26.2 Å². The molecule has 2 aromatic heterocycles. The molecule has 5 heteroatoms. The van der Waals surface area contributed by atoms with Crippen LogP contribution in [0.2, 0.25) is 0 Å². The second kappa shape index (κ2) is 3.39. The summed E-state index contributed by atoms with van der Waals surface area (Å²) in [6.07, 6.45) is 0. The van der Waals surface area contributed by atoms with Gasteiger partial charge in [0.2, 0.25) is 0 Å². The lowest BCUT2D eigenvalue weighted by molar-refractivity contribution is 0.402. The van der Waals surface area contributed by atoms with Crippen molar-refractivity contribution in [3.8, 4) is 11.5 Å². The van der Waals surface area contributed by atoms with Crippen molar-refractivity contribution in [3.05, 3.63) is 35.9 Å². The van der Waals surface area contributed by atoms with Crippen molar-refractivity contribution in [2.24, 2.45) is 0 Å². The number of benzene rings is 2. The summed E-state index contributed by atoms with van der Waals surface area (Å²) in [6, 6.07) is 9.49. The highest BCUT2D eigenvalue weighted by atomic mass is 32.1. The Balaban J connectivity index is 2.34. The molecule has 0 atom stereocenters. The van der Waals surface area contributed by atoms with Crippen molar-refractivity contribution in [1.29, 1.82) is 0 Å². The van der Waals surface area contributed by atoms with E-state index in [1.165, 1.54) is 11.3 Å². The molecule has 4 aromatic rings. The Hall–Kier alpha value is -2.27. The Morgan fingerprint density at radius 3 is 2.84 bits per heavy atom. The molecule has 0 amide bonds. The maximum absolute atomic E-state index is 9.91. The molecule has 0 unspecified atom stereocenters. The standard InChI is InChI=1S/C14H10N2O2S/c1-7-12-11(6-10(17)13(7)18)19-14-15-8-4-2-3-5-9(8)16(12)14/h2-6,17-18H,1H3. The molecule has 0 bridgehead atoms. The number of fused-ring (bicyclic) bond motifs is 5. The lowest BCUT2D eigenvalue weighted by atomic mass is 10.2. The molecule has 0 saturated heterocycles. The number of phenolic OH excluding ortho intramolecular Hbond substituents is 2. The van der Waals surface area contributed by atoms with Gasteiger partial charge >= 0.3 is 0 Å². The Morgan fingerprint density at radius 1 is 1.21 bits per heavy atom. The molecule has 0 spiro atoms. The van der Waals surface area contributed by atoms with E-state index < -0.39 is 0 Å². The third-order valence-electron chi connectivity index (χ3n) is 3.41. The van der Waals surface area contributed by atoms with Crippen LogP contribution in [0.1, 0.15) is 5.56 Å². The molecular weight excluding hydrogens is 260 g/mol. The first-order chi connectivity index (χ1) is 9.16. The van der Waals surface area contributed by atoms with Gasteiger partial charge in [-0.1, -0.05) is 23.5 Å². The van der Waals surface area contributed by atoms with E-state index in [1.807, 2.05) is 28.7 Å². The molecule has 0 aliphatic heterocycles. The predicted octanol–water partition coefficient (Wildman–Crippen LogP) is 3.42. The summed E-state index contributed by atoms with van der Waals surface area (Å²) < 4.78 is 2.95. The Morgan fingerprint density at radius 2 is 2.00 bits per heavy atom. The third kappa shape index (κ3) is 1.25. The average Bonchev–Trinajstić information content (AvgIpc) is 2.91. The van der Waals surface area contributed by atoms with Crippen molar-refractivity contribution in [1.82, 2.24) is 9.38 Å². The number of aromatic nitrogens is 2. The van der Waals surface area contributed by atoms with Gasteiger partial charge in [-0.25, -0.2) is 4.98 Å². The van der Waals surface area contributed by atoms with Gasteiger partial charge in [0.1, 0.15) is 0 Å². The van der Waals surface area contributed by atoms with Crippen LogP contribution in [0.25, 0.3) is 26.2 Å².